The minimum Gasteiger partial charge on any atom is -0.349 e. The summed E-state index contributed by atoms with van der Waals surface area (Å²) in [4.78, 5) is 25.6. The highest BCUT2D eigenvalue weighted by molar-refractivity contribution is 5.96. The van der Waals surface area contributed by atoms with Gasteiger partial charge in [-0.2, -0.15) is 97.2 Å². The molecule has 0 spiro atoms. The van der Waals surface area contributed by atoms with Crippen LogP contribution in [0.2, 0.25) is 0 Å². The summed E-state index contributed by atoms with van der Waals surface area (Å²) in [6.07, 6.45) is -10.1. The van der Waals surface area contributed by atoms with Gasteiger partial charge in [0, 0.05) is 18.0 Å². The third kappa shape index (κ3) is 6.18. The molecule has 0 aliphatic rings. The minimum atomic E-state index is -9.25. The maximum Gasteiger partial charge on any atom is 0.460 e. The predicted molar refractivity (Wildman–Crippen MR) is 111 cm³/mol. The number of rotatable bonds is 13. The number of halogens is 21. The average Bonchev–Trinajstić information content (AvgIpc) is 2.87. The lowest BCUT2D eigenvalue weighted by atomic mass is 9.85. The van der Waals surface area contributed by atoms with E-state index in [0.717, 1.165) is 31.2 Å². The lowest BCUT2D eigenvalue weighted by Gasteiger charge is -2.44. The third-order valence-electron chi connectivity index (χ3n) is 6.16. The lowest BCUT2D eigenvalue weighted by molar-refractivity contribution is -0.474. The number of amides is 1. The molecule has 4 nitrogen and oxygen atoms in total. The molecular formula is C22H13F21N2O2. The average molecular weight is 736 g/mol. The minimum absolute atomic E-state index is 0.0821. The van der Waals surface area contributed by atoms with Crippen LogP contribution in [0.5, 0.6) is 0 Å². The summed E-state index contributed by atoms with van der Waals surface area (Å²) >= 11 is 0. The molecule has 47 heavy (non-hydrogen) atoms. The Kier molecular flexibility index (Phi) is 10.6. The molecule has 270 valence electrons. The summed E-state index contributed by atoms with van der Waals surface area (Å²) in [5.74, 6) is -79.4. The number of isocyanates is 1. The molecule has 0 fully saturated rings. The number of nitrogens with one attached hydrogen (secondary N) is 1. The molecule has 1 amide bonds. The molecule has 0 radical (unpaired) electrons. The Balaban J connectivity index is 3.57. The zero-order valence-corrected chi connectivity index (χ0v) is 22.2. The zero-order chi connectivity index (χ0) is 37.8. The monoisotopic (exact) mass is 736 g/mol. The Bertz CT molecular complexity index is 1380. The fraction of sp³-hybridized carbons (Fsp3) is 0.636. The Morgan fingerprint density at radius 2 is 1.02 bits per heavy atom. The van der Waals surface area contributed by atoms with Crippen LogP contribution in [-0.4, -0.2) is 77.5 Å². The molecule has 0 aliphatic heterocycles. The first-order valence-corrected chi connectivity index (χ1v) is 11.4. The molecule has 1 rings (SSSR count). The summed E-state index contributed by atoms with van der Waals surface area (Å²) in [6, 6.07) is 0.228. The lowest BCUT2D eigenvalue weighted by Crippen LogP contribution is -2.76. The van der Waals surface area contributed by atoms with E-state index < -0.39 is 83.4 Å². The van der Waals surface area contributed by atoms with Gasteiger partial charge in [0.25, 0.3) is 5.91 Å². The molecule has 0 bridgehead atoms. The Morgan fingerprint density at radius 3 is 1.38 bits per heavy atom. The highest BCUT2D eigenvalue weighted by atomic mass is 19.4. The third-order valence-corrected chi connectivity index (χ3v) is 6.16. The van der Waals surface area contributed by atoms with Gasteiger partial charge in [-0.25, -0.2) is 4.79 Å². The van der Waals surface area contributed by atoms with Crippen LogP contribution in [0.1, 0.15) is 29.3 Å². The normalized spacial score (nSPS) is 15.6. The Labute approximate surface area is 246 Å². The zero-order valence-electron chi connectivity index (χ0n) is 22.2. The van der Waals surface area contributed by atoms with Crippen molar-refractivity contribution in [3.8, 4) is 0 Å². The van der Waals surface area contributed by atoms with Gasteiger partial charge in [-0.1, -0.05) is 6.07 Å². The molecule has 0 aromatic heterocycles. The van der Waals surface area contributed by atoms with Gasteiger partial charge in [-0.05, 0) is 31.5 Å². The number of alkyl halides is 21. The largest absolute Gasteiger partial charge is 0.460 e. The SMILES string of the molecule is Cc1ccc(N=C=O)cc1C(=O)NC(C)CC(F)(F)C(F)(F)C(F)(F)C(F)(F)C(F)(F)C(F)(F)C(F)(F)C(F)(F)C(F)(F)C(F)(F)F. The number of hydrogen-bond donors (Lipinski definition) is 1. The van der Waals surface area contributed by atoms with Gasteiger partial charge in [0.05, 0.1) is 5.69 Å². The van der Waals surface area contributed by atoms with Crippen molar-refractivity contribution in [3.05, 3.63) is 29.3 Å². The van der Waals surface area contributed by atoms with Crippen LogP contribution in [0.4, 0.5) is 97.9 Å². The summed E-state index contributed by atoms with van der Waals surface area (Å²) in [5.41, 5.74) is -1.03. The number of carbonyl (C=O) groups is 1. The van der Waals surface area contributed by atoms with Crippen molar-refractivity contribution in [1.29, 1.82) is 0 Å². The molecular weight excluding hydrogens is 723 g/mol. The van der Waals surface area contributed by atoms with E-state index in [2.05, 4.69) is 4.99 Å². The maximum absolute atomic E-state index is 14.3. The van der Waals surface area contributed by atoms with Crippen molar-refractivity contribution in [2.45, 2.75) is 85.8 Å². The molecule has 0 aliphatic carbocycles. The van der Waals surface area contributed by atoms with Crippen LogP contribution in [0.15, 0.2) is 23.2 Å². The van der Waals surface area contributed by atoms with E-state index in [-0.39, 0.29) is 18.2 Å². The van der Waals surface area contributed by atoms with E-state index in [4.69, 9.17) is 0 Å². The first-order valence-electron chi connectivity index (χ1n) is 11.4. The van der Waals surface area contributed by atoms with E-state index >= 15 is 0 Å². The smallest absolute Gasteiger partial charge is 0.349 e. The van der Waals surface area contributed by atoms with Gasteiger partial charge in [-0.15, -0.1) is 0 Å². The Hall–Kier alpha value is -3.40. The molecule has 1 atom stereocenters. The number of aryl methyl sites for hydroxylation is 1. The summed E-state index contributed by atoms with van der Waals surface area (Å²) in [6.45, 7) is 1.37. The van der Waals surface area contributed by atoms with Crippen molar-refractivity contribution in [2.24, 2.45) is 4.99 Å². The van der Waals surface area contributed by atoms with Gasteiger partial charge in [-0.3, -0.25) is 4.79 Å². The molecule has 1 unspecified atom stereocenters. The van der Waals surface area contributed by atoms with Crippen LogP contribution in [0.3, 0.4) is 0 Å². The fourth-order valence-electron chi connectivity index (χ4n) is 3.43. The Morgan fingerprint density at radius 1 is 0.660 bits per heavy atom. The molecule has 1 aromatic rings. The van der Waals surface area contributed by atoms with Gasteiger partial charge >= 0.3 is 59.5 Å². The first kappa shape index (κ1) is 41.6. The number of nitrogens with zero attached hydrogens (tertiary/aromatic N) is 1. The molecule has 1 N–H and O–H groups in total. The van der Waals surface area contributed by atoms with Crippen molar-refractivity contribution in [2.75, 3.05) is 0 Å². The second-order valence-corrected chi connectivity index (χ2v) is 9.58. The van der Waals surface area contributed by atoms with Crippen molar-refractivity contribution in [3.63, 3.8) is 0 Å². The van der Waals surface area contributed by atoms with Crippen molar-refractivity contribution >= 4 is 17.7 Å². The predicted octanol–water partition coefficient (Wildman–Crippen LogP) is 8.75. The van der Waals surface area contributed by atoms with Crippen LogP contribution < -0.4 is 5.32 Å². The number of aliphatic imine (C=N–C) groups is 1. The summed E-state index contributed by atoms with van der Waals surface area (Å²) < 4.78 is 284. The van der Waals surface area contributed by atoms with Gasteiger partial charge in [0.15, 0.2) is 0 Å². The fourth-order valence-corrected chi connectivity index (χ4v) is 3.43. The van der Waals surface area contributed by atoms with Gasteiger partial charge in [0.1, 0.15) is 0 Å². The maximum atomic E-state index is 14.3. The molecule has 25 heteroatoms. The standard InChI is InChI=1S/C22H13F21N2O2/c1-8-3-4-10(44-7-46)5-11(8)12(47)45-9(2)6-13(23,24)14(25,26)15(27,28)16(29,30)17(31,32)18(33,34)19(35,36)20(37,38)21(39,40)22(41,42)43/h3-5,9H,6H2,1-2H3,(H,45,47). The number of benzene rings is 1. The highest BCUT2D eigenvalue weighted by Crippen LogP contribution is 2.66. The van der Waals surface area contributed by atoms with Gasteiger partial charge in [0.2, 0.25) is 6.08 Å². The molecule has 0 saturated carbocycles. The van der Waals surface area contributed by atoms with E-state index in [0.29, 0.717) is 0 Å². The van der Waals surface area contributed by atoms with Gasteiger partial charge < -0.3 is 5.32 Å². The number of hydrogen-bond acceptors (Lipinski definition) is 3. The summed E-state index contributed by atoms with van der Waals surface area (Å²) in [7, 11) is 0. The van der Waals surface area contributed by atoms with E-state index in [1.807, 2.05) is 0 Å². The van der Waals surface area contributed by atoms with E-state index in [1.54, 1.807) is 0 Å². The second-order valence-electron chi connectivity index (χ2n) is 9.58. The first-order chi connectivity index (χ1) is 20.5. The van der Waals surface area contributed by atoms with E-state index in [1.165, 1.54) is 5.32 Å². The van der Waals surface area contributed by atoms with Crippen LogP contribution in [0.25, 0.3) is 0 Å². The number of carbonyl (C=O) groups excluding carboxylic acids is 2. The quantitative estimate of drug-likeness (QED) is 0.125. The second kappa shape index (κ2) is 11.9. The van der Waals surface area contributed by atoms with Crippen molar-refractivity contribution in [1.82, 2.24) is 5.32 Å². The molecule has 1 aromatic carbocycles. The van der Waals surface area contributed by atoms with Crippen molar-refractivity contribution < 1.29 is 102 Å². The highest BCUT2D eigenvalue weighted by Gasteiger charge is 2.97. The van der Waals surface area contributed by atoms with E-state index in [9.17, 15) is 102 Å². The van der Waals surface area contributed by atoms with Crippen LogP contribution in [0, 0.1) is 6.92 Å². The molecule has 0 heterocycles. The van der Waals surface area contributed by atoms with Crippen LogP contribution in [-0.2, 0) is 4.79 Å². The molecule has 0 saturated heterocycles. The van der Waals surface area contributed by atoms with Crippen LogP contribution >= 0.6 is 0 Å². The topological polar surface area (TPSA) is 58.5 Å². The summed E-state index contributed by atoms with van der Waals surface area (Å²) in [5, 5.41) is 1.40.